The molecule has 0 fully saturated rings. The SMILES string of the molecule is COc1ccc(CNc2ccnn2C(C)C)cc1. The van der Waals surface area contributed by atoms with Gasteiger partial charge in [0, 0.05) is 18.7 Å². The third-order valence-corrected chi connectivity index (χ3v) is 2.79. The predicted octanol–water partition coefficient (Wildman–Crippen LogP) is 3.08. The molecule has 1 heterocycles. The van der Waals surface area contributed by atoms with Gasteiger partial charge in [0.15, 0.2) is 0 Å². The summed E-state index contributed by atoms with van der Waals surface area (Å²) in [5.74, 6) is 1.92. The number of ether oxygens (including phenoxy) is 1. The van der Waals surface area contributed by atoms with Crippen LogP contribution in [-0.4, -0.2) is 16.9 Å². The highest BCUT2D eigenvalue weighted by molar-refractivity contribution is 5.36. The Morgan fingerprint density at radius 2 is 1.94 bits per heavy atom. The first kappa shape index (κ1) is 12.5. The van der Waals surface area contributed by atoms with Crippen LogP contribution < -0.4 is 10.1 Å². The Kier molecular flexibility index (Phi) is 3.87. The number of methoxy groups -OCH3 is 1. The first-order chi connectivity index (χ1) is 8.70. The van der Waals surface area contributed by atoms with E-state index in [1.165, 1.54) is 5.56 Å². The Morgan fingerprint density at radius 3 is 2.56 bits per heavy atom. The summed E-state index contributed by atoms with van der Waals surface area (Å²) in [6.07, 6.45) is 1.82. The molecule has 0 saturated heterocycles. The summed E-state index contributed by atoms with van der Waals surface area (Å²) in [7, 11) is 1.68. The summed E-state index contributed by atoms with van der Waals surface area (Å²) >= 11 is 0. The highest BCUT2D eigenvalue weighted by Gasteiger charge is 2.04. The zero-order valence-corrected chi connectivity index (χ0v) is 11.1. The Labute approximate surface area is 108 Å². The number of anilines is 1. The lowest BCUT2D eigenvalue weighted by Gasteiger charge is -2.12. The van der Waals surface area contributed by atoms with Crippen LogP contribution >= 0.6 is 0 Å². The maximum atomic E-state index is 5.14. The van der Waals surface area contributed by atoms with E-state index in [1.54, 1.807) is 7.11 Å². The lowest BCUT2D eigenvalue weighted by molar-refractivity contribution is 0.414. The fourth-order valence-electron chi connectivity index (χ4n) is 1.80. The molecule has 0 unspecified atom stereocenters. The zero-order chi connectivity index (χ0) is 13.0. The fourth-order valence-corrected chi connectivity index (χ4v) is 1.80. The van der Waals surface area contributed by atoms with Crippen molar-refractivity contribution in [2.24, 2.45) is 0 Å². The van der Waals surface area contributed by atoms with Gasteiger partial charge < -0.3 is 10.1 Å². The Balaban J connectivity index is 2.00. The van der Waals surface area contributed by atoms with Crippen LogP contribution in [0.4, 0.5) is 5.82 Å². The van der Waals surface area contributed by atoms with Crippen molar-refractivity contribution in [2.45, 2.75) is 26.4 Å². The van der Waals surface area contributed by atoms with Crippen LogP contribution in [0.2, 0.25) is 0 Å². The molecule has 0 spiro atoms. The summed E-state index contributed by atoms with van der Waals surface area (Å²) in [5.41, 5.74) is 1.22. The Bertz CT molecular complexity index is 488. The average Bonchev–Trinajstić information content (AvgIpc) is 2.85. The van der Waals surface area contributed by atoms with Crippen molar-refractivity contribution in [2.75, 3.05) is 12.4 Å². The topological polar surface area (TPSA) is 39.1 Å². The molecule has 4 nitrogen and oxygen atoms in total. The van der Waals surface area contributed by atoms with Crippen molar-refractivity contribution in [3.8, 4) is 5.75 Å². The van der Waals surface area contributed by atoms with Gasteiger partial charge in [0.1, 0.15) is 11.6 Å². The maximum absolute atomic E-state index is 5.14. The van der Waals surface area contributed by atoms with E-state index in [0.29, 0.717) is 6.04 Å². The second-order valence-corrected chi connectivity index (χ2v) is 4.46. The number of nitrogens with zero attached hydrogens (tertiary/aromatic N) is 2. The van der Waals surface area contributed by atoms with Gasteiger partial charge in [0.25, 0.3) is 0 Å². The molecular formula is C14H19N3O. The third kappa shape index (κ3) is 2.83. The summed E-state index contributed by atoms with van der Waals surface area (Å²) < 4.78 is 7.11. The first-order valence-corrected chi connectivity index (χ1v) is 6.11. The molecule has 0 bridgehead atoms. The van der Waals surface area contributed by atoms with Gasteiger partial charge in [-0.2, -0.15) is 5.10 Å². The molecule has 1 N–H and O–H groups in total. The van der Waals surface area contributed by atoms with E-state index in [1.807, 2.05) is 29.1 Å². The molecule has 0 amide bonds. The first-order valence-electron chi connectivity index (χ1n) is 6.11. The second kappa shape index (κ2) is 5.58. The van der Waals surface area contributed by atoms with Gasteiger partial charge in [-0.05, 0) is 31.5 Å². The van der Waals surface area contributed by atoms with E-state index in [4.69, 9.17) is 4.74 Å². The molecule has 0 aliphatic carbocycles. The molecule has 0 atom stereocenters. The zero-order valence-electron chi connectivity index (χ0n) is 11.1. The van der Waals surface area contributed by atoms with Crippen LogP contribution in [0.25, 0.3) is 0 Å². The molecule has 1 aromatic heterocycles. The van der Waals surface area contributed by atoms with Crippen molar-refractivity contribution in [1.82, 2.24) is 9.78 Å². The third-order valence-electron chi connectivity index (χ3n) is 2.79. The van der Waals surface area contributed by atoms with E-state index in [9.17, 15) is 0 Å². The van der Waals surface area contributed by atoms with Gasteiger partial charge in [-0.3, -0.25) is 0 Å². The molecule has 2 aromatic rings. The molecule has 4 heteroatoms. The van der Waals surface area contributed by atoms with Gasteiger partial charge in [-0.1, -0.05) is 12.1 Å². The summed E-state index contributed by atoms with van der Waals surface area (Å²) in [6, 6.07) is 10.4. The fraction of sp³-hybridized carbons (Fsp3) is 0.357. The molecule has 1 aromatic carbocycles. The minimum absolute atomic E-state index is 0.360. The highest BCUT2D eigenvalue weighted by atomic mass is 16.5. The number of nitrogens with one attached hydrogen (secondary N) is 1. The van der Waals surface area contributed by atoms with Gasteiger partial charge in [-0.25, -0.2) is 4.68 Å². The van der Waals surface area contributed by atoms with Crippen molar-refractivity contribution in [1.29, 1.82) is 0 Å². The lowest BCUT2D eigenvalue weighted by Crippen LogP contribution is -2.09. The van der Waals surface area contributed by atoms with Crippen LogP contribution in [0, 0.1) is 0 Å². The largest absolute Gasteiger partial charge is 0.497 e. The van der Waals surface area contributed by atoms with E-state index in [-0.39, 0.29) is 0 Å². The molecular weight excluding hydrogens is 226 g/mol. The summed E-state index contributed by atoms with van der Waals surface area (Å²) in [5, 5.41) is 7.68. The average molecular weight is 245 g/mol. The van der Waals surface area contributed by atoms with Crippen LogP contribution in [0.1, 0.15) is 25.5 Å². The molecule has 0 aliphatic rings. The second-order valence-electron chi connectivity index (χ2n) is 4.46. The Morgan fingerprint density at radius 1 is 1.22 bits per heavy atom. The predicted molar refractivity (Wildman–Crippen MR) is 72.9 cm³/mol. The van der Waals surface area contributed by atoms with Crippen LogP contribution in [-0.2, 0) is 6.54 Å². The Hall–Kier alpha value is -1.97. The highest BCUT2D eigenvalue weighted by Crippen LogP contribution is 2.16. The van der Waals surface area contributed by atoms with E-state index < -0.39 is 0 Å². The number of hydrogen-bond acceptors (Lipinski definition) is 3. The monoisotopic (exact) mass is 245 g/mol. The molecule has 0 saturated carbocycles. The van der Waals surface area contributed by atoms with Crippen LogP contribution in [0.3, 0.4) is 0 Å². The molecule has 0 radical (unpaired) electrons. The molecule has 2 rings (SSSR count). The quantitative estimate of drug-likeness (QED) is 0.879. The van der Waals surface area contributed by atoms with Crippen molar-refractivity contribution < 1.29 is 4.74 Å². The van der Waals surface area contributed by atoms with E-state index >= 15 is 0 Å². The molecule has 0 aliphatic heterocycles. The lowest BCUT2D eigenvalue weighted by atomic mass is 10.2. The number of benzene rings is 1. The standard InChI is InChI=1S/C14H19N3O/c1-11(2)17-14(8-9-16-17)15-10-12-4-6-13(18-3)7-5-12/h4-9,11,15H,10H2,1-3H3. The smallest absolute Gasteiger partial charge is 0.124 e. The van der Waals surface area contributed by atoms with Crippen LogP contribution in [0.15, 0.2) is 36.5 Å². The summed E-state index contributed by atoms with van der Waals surface area (Å²) in [6.45, 7) is 5.01. The summed E-state index contributed by atoms with van der Waals surface area (Å²) in [4.78, 5) is 0. The minimum Gasteiger partial charge on any atom is -0.497 e. The number of rotatable bonds is 5. The van der Waals surface area contributed by atoms with Gasteiger partial charge in [0.05, 0.1) is 13.3 Å². The van der Waals surface area contributed by atoms with Crippen molar-refractivity contribution >= 4 is 5.82 Å². The molecule has 96 valence electrons. The van der Waals surface area contributed by atoms with E-state index in [2.05, 4.69) is 36.4 Å². The van der Waals surface area contributed by atoms with Gasteiger partial charge in [0.2, 0.25) is 0 Å². The molecule has 18 heavy (non-hydrogen) atoms. The van der Waals surface area contributed by atoms with Crippen molar-refractivity contribution in [3.63, 3.8) is 0 Å². The van der Waals surface area contributed by atoms with Gasteiger partial charge >= 0.3 is 0 Å². The van der Waals surface area contributed by atoms with Gasteiger partial charge in [-0.15, -0.1) is 0 Å². The van der Waals surface area contributed by atoms with Crippen LogP contribution in [0.5, 0.6) is 5.75 Å². The maximum Gasteiger partial charge on any atom is 0.124 e. The minimum atomic E-state index is 0.360. The van der Waals surface area contributed by atoms with E-state index in [0.717, 1.165) is 18.1 Å². The number of aromatic nitrogens is 2. The number of hydrogen-bond donors (Lipinski definition) is 1. The normalized spacial score (nSPS) is 10.7. The van der Waals surface area contributed by atoms with Crippen molar-refractivity contribution in [3.05, 3.63) is 42.1 Å².